The zero-order chi connectivity index (χ0) is 14.9. The van der Waals surface area contributed by atoms with Crippen molar-refractivity contribution in [2.45, 2.75) is 12.2 Å². The number of nitro benzene ring substituents is 1. The van der Waals surface area contributed by atoms with Gasteiger partial charge in [0.05, 0.1) is 24.2 Å². The zero-order valence-corrected chi connectivity index (χ0v) is 10.7. The second kappa shape index (κ2) is 5.43. The van der Waals surface area contributed by atoms with Gasteiger partial charge >= 0.3 is 0 Å². The van der Waals surface area contributed by atoms with Crippen LogP contribution in [0.25, 0.3) is 0 Å². The fourth-order valence-electron chi connectivity index (χ4n) is 2.15. The van der Waals surface area contributed by atoms with Crippen LogP contribution >= 0.6 is 0 Å². The Morgan fingerprint density at radius 2 is 2.00 bits per heavy atom. The monoisotopic (exact) mass is 282 g/mol. The minimum atomic E-state index is -1.05. The maximum atomic E-state index is 12.4. The van der Waals surface area contributed by atoms with E-state index in [1.807, 2.05) is 0 Å². The molecule has 8 heteroatoms. The van der Waals surface area contributed by atoms with E-state index >= 15 is 0 Å². The molecule has 8 nitrogen and oxygen atoms in total. The number of amides is 1. The number of nitro groups is 1. The summed E-state index contributed by atoms with van der Waals surface area (Å²) in [5.41, 5.74) is -0.550. The first-order valence-electron chi connectivity index (χ1n) is 5.92. The van der Waals surface area contributed by atoms with Gasteiger partial charge in [-0.25, -0.2) is 0 Å². The van der Waals surface area contributed by atoms with Gasteiger partial charge in [-0.15, -0.1) is 0 Å². The number of carbonyl (C=O) groups excluding carboxylic acids is 1. The van der Waals surface area contributed by atoms with Crippen molar-refractivity contribution in [2.75, 3.05) is 20.2 Å². The molecule has 0 aromatic heterocycles. The van der Waals surface area contributed by atoms with Gasteiger partial charge in [-0.1, -0.05) is 6.07 Å². The highest BCUT2D eigenvalue weighted by molar-refractivity contribution is 6.01. The molecule has 1 heterocycles. The van der Waals surface area contributed by atoms with Gasteiger partial charge in [0.2, 0.25) is 0 Å². The Morgan fingerprint density at radius 3 is 2.50 bits per heavy atom. The first-order chi connectivity index (χ1) is 9.45. The molecule has 1 aromatic carbocycles. The number of rotatable bonds is 3. The lowest BCUT2D eigenvalue weighted by Crippen LogP contribution is -2.30. The molecule has 1 aliphatic rings. The predicted molar refractivity (Wildman–Crippen MR) is 67.6 cm³/mol. The van der Waals surface area contributed by atoms with Crippen LogP contribution in [0, 0.1) is 10.1 Å². The molecular formula is C12H14N2O6. The van der Waals surface area contributed by atoms with E-state index in [0.29, 0.717) is 0 Å². The average molecular weight is 282 g/mol. The van der Waals surface area contributed by atoms with Crippen LogP contribution in [0.5, 0.6) is 5.75 Å². The van der Waals surface area contributed by atoms with E-state index in [1.54, 1.807) is 0 Å². The first kappa shape index (κ1) is 14.2. The van der Waals surface area contributed by atoms with Gasteiger partial charge in [0, 0.05) is 19.2 Å². The summed E-state index contributed by atoms with van der Waals surface area (Å²) in [6.07, 6.45) is -2.10. The molecule has 1 aliphatic heterocycles. The number of methoxy groups -OCH3 is 1. The molecule has 1 saturated heterocycles. The standard InChI is InChI=1S/C12H14N2O6/c1-20-10-4-2-3-7(14(18)19)11(10)12(17)13-5-8(15)9(16)6-13/h2-4,8-9,15-16H,5-6H2,1H3. The zero-order valence-electron chi connectivity index (χ0n) is 10.7. The molecule has 1 aromatic rings. The van der Waals surface area contributed by atoms with E-state index in [0.717, 1.165) is 0 Å². The molecule has 20 heavy (non-hydrogen) atoms. The lowest BCUT2D eigenvalue weighted by molar-refractivity contribution is -0.385. The van der Waals surface area contributed by atoms with E-state index < -0.39 is 23.0 Å². The minimum absolute atomic E-state index is 0.0742. The Bertz CT molecular complexity index is 537. The number of aliphatic hydroxyl groups excluding tert-OH is 2. The SMILES string of the molecule is COc1cccc([N+](=O)[O-])c1C(=O)N1CC(O)C(O)C1. The molecular weight excluding hydrogens is 268 g/mol. The van der Waals surface area contributed by atoms with Gasteiger partial charge < -0.3 is 19.8 Å². The number of β-amino-alcohol motifs (C(OH)–C–C–N with tert-alkyl or cyclic N) is 2. The molecule has 0 spiro atoms. The van der Waals surface area contributed by atoms with Crippen molar-refractivity contribution >= 4 is 11.6 Å². The van der Waals surface area contributed by atoms with Gasteiger partial charge in [-0.3, -0.25) is 14.9 Å². The normalized spacial score (nSPS) is 21.9. The first-order valence-corrected chi connectivity index (χ1v) is 5.92. The highest BCUT2D eigenvalue weighted by Gasteiger charge is 2.36. The number of benzene rings is 1. The van der Waals surface area contributed by atoms with Crippen LogP contribution in [0.2, 0.25) is 0 Å². The van der Waals surface area contributed by atoms with E-state index in [2.05, 4.69) is 0 Å². The number of hydrogen-bond donors (Lipinski definition) is 2. The largest absolute Gasteiger partial charge is 0.496 e. The fraction of sp³-hybridized carbons (Fsp3) is 0.417. The lowest BCUT2D eigenvalue weighted by Gasteiger charge is -2.17. The molecule has 1 amide bonds. The Labute approximate surface area is 114 Å². The summed E-state index contributed by atoms with van der Waals surface area (Å²) in [6.45, 7) is -0.148. The highest BCUT2D eigenvalue weighted by Crippen LogP contribution is 2.30. The number of ether oxygens (including phenoxy) is 1. The van der Waals surface area contributed by atoms with Crippen LogP contribution in [0.3, 0.4) is 0 Å². The summed E-state index contributed by atoms with van der Waals surface area (Å²) >= 11 is 0. The number of aliphatic hydroxyl groups is 2. The fourth-order valence-corrected chi connectivity index (χ4v) is 2.15. The Morgan fingerprint density at radius 1 is 1.40 bits per heavy atom. The van der Waals surface area contributed by atoms with Crippen molar-refractivity contribution in [3.63, 3.8) is 0 Å². The van der Waals surface area contributed by atoms with E-state index in [-0.39, 0.29) is 30.1 Å². The van der Waals surface area contributed by atoms with Crippen molar-refractivity contribution < 1.29 is 24.7 Å². The van der Waals surface area contributed by atoms with Crippen LogP contribution in [0.4, 0.5) is 5.69 Å². The molecule has 2 rings (SSSR count). The summed E-state index contributed by atoms with van der Waals surface area (Å²) in [5.74, 6) is -0.565. The van der Waals surface area contributed by atoms with Gasteiger partial charge in [0.1, 0.15) is 5.75 Å². The van der Waals surface area contributed by atoms with Crippen molar-refractivity contribution in [2.24, 2.45) is 0 Å². The van der Waals surface area contributed by atoms with Crippen molar-refractivity contribution in [1.82, 2.24) is 4.90 Å². The molecule has 108 valence electrons. The molecule has 2 unspecified atom stereocenters. The lowest BCUT2D eigenvalue weighted by atomic mass is 10.1. The van der Waals surface area contributed by atoms with Crippen LogP contribution in [0.1, 0.15) is 10.4 Å². The number of hydrogen-bond acceptors (Lipinski definition) is 6. The Balaban J connectivity index is 2.41. The van der Waals surface area contributed by atoms with Crippen LogP contribution in [-0.4, -0.2) is 58.4 Å². The highest BCUT2D eigenvalue weighted by atomic mass is 16.6. The third-order valence-electron chi connectivity index (χ3n) is 3.18. The van der Waals surface area contributed by atoms with Crippen LogP contribution in [0.15, 0.2) is 18.2 Å². The molecule has 2 atom stereocenters. The molecule has 1 fully saturated rings. The smallest absolute Gasteiger partial charge is 0.285 e. The maximum absolute atomic E-state index is 12.4. The quantitative estimate of drug-likeness (QED) is 0.585. The summed E-state index contributed by atoms with van der Waals surface area (Å²) in [4.78, 5) is 23.9. The number of likely N-dealkylation sites (tertiary alicyclic amines) is 1. The topological polar surface area (TPSA) is 113 Å². The van der Waals surface area contributed by atoms with Gasteiger partial charge in [0.25, 0.3) is 11.6 Å². The summed E-state index contributed by atoms with van der Waals surface area (Å²) < 4.78 is 4.99. The number of carbonyl (C=O) groups is 1. The van der Waals surface area contributed by atoms with Gasteiger partial charge in [-0.05, 0) is 6.07 Å². The van der Waals surface area contributed by atoms with Crippen LogP contribution < -0.4 is 4.74 Å². The molecule has 0 aliphatic carbocycles. The van der Waals surface area contributed by atoms with E-state index in [4.69, 9.17) is 4.74 Å². The van der Waals surface area contributed by atoms with E-state index in [9.17, 15) is 25.1 Å². The molecule has 2 N–H and O–H groups in total. The Hall–Kier alpha value is -2.19. The molecule has 0 radical (unpaired) electrons. The summed E-state index contributed by atoms with van der Waals surface area (Å²) in [7, 11) is 1.31. The molecule has 0 bridgehead atoms. The minimum Gasteiger partial charge on any atom is -0.496 e. The van der Waals surface area contributed by atoms with Gasteiger partial charge in [0.15, 0.2) is 5.56 Å². The molecule has 0 saturated carbocycles. The van der Waals surface area contributed by atoms with Crippen molar-refractivity contribution in [3.05, 3.63) is 33.9 Å². The Kier molecular flexibility index (Phi) is 3.86. The second-order valence-corrected chi connectivity index (χ2v) is 4.46. The van der Waals surface area contributed by atoms with Gasteiger partial charge in [-0.2, -0.15) is 0 Å². The summed E-state index contributed by atoms with van der Waals surface area (Å²) in [5, 5.41) is 29.9. The third kappa shape index (κ3) is 2.43. The summed E-state index contributed by atoms with van der Waals surface area (Å²) in [6, 6.07) is 4.07. The number of nitrogens with zero attached hydrogens (tertiary/aromatic N) is 2. The second-order valence-electron chi connectivity index (χ2n) is 4.46. The van der Waals surface area contributed by atoms with Crippen molar-refractivity contribution in [3.8, 4) is 5.75 Å². The predicted octanol–water partition coefficient (Wildman–Crippen LogP) is -0.219. The average Bonchev–Trinajstić information content (AvgIpc) is 2.76. The van der Waals surface area contributed by atoms with E-state index in [1.165, 1.54) is 30.2 Å². The van der Waals surface area contributed by atoms with Crippen LogP contribution in [-0.2, 0) is 0 Å². The van der Waals surface area contributed by atoms with Crippen molar-refractivity contribution in [1.29, 1.82) is 0 Å². The maximum Gasteiger partial charge on any atom is 0.285 e. The third-order valence-corrected chi connectivity index (χ3v) is 3.18.